The number of amides is 2. The number of ether oxygens (including phenoxy) is 1. The third kappa shape index (κ3) is 7.17. The van der Waals surface area contributed by atoms with Gasteiger partial charge in [-0.1, -0.05) is 30.3 Å². The average molecular weight is 353 g/mol. The molecule has 2 N–H and O–H groups in total. The maximum atomic E-state index is 11.6. The maximum Gasteiger partial charge on any atom is 0.249 e. The monoisotopic (exact) mass is 353 g/mol. The Kier molecular flexibility index (Phi) is 7.36. The number of benzene rings is 2. The lowest BCUT2D eigenvalue weighted by Gasteiger charge is -2.07. The molecule has 2 aromatic carbocycles. The first kappa shape index (κ1) is 19.2. The number of hydrogen-bond donors (Lipinski definition) is 2. The lowest BCUT2D eigenvalue weighted by molar-refractivity contribution is -0.129. The van der Waals surface area contributed by atoms with Crippen LogP contribution >= 0.6 is 0 Å². The van der Waals surface area contributed by atoms with Gasteiger partial charge in [0.05, 0.1) is 6.21 Å². The molecule has 0 aliphatic heterocycles. The predicted octanol–water partition coefficient (Wildman–Crippen LogP) is 2.63. The van der Waals surface area contributed by atoms with Crippen LogP contribution in [0.1, 0.15) is 31.4 Å². The van der Waals surface area contributed by atoms with E-state index in [0.717, 1.165) is 16.9 Å². The summed E-state index contributed by atoms with van der Waals surface area (Å²) in [6.07, 6.45) is 1.26. The van der Waals surface area contributed by atoms with Gasteiger partial charge in [0.15, 0.2) is 0 Å². The van der Waals surface area contributed by atoms with Crippen molar-refractivity contribution in [3.63, 3.8) is 0 Å². The molecule has 0 aliphatic carbocycles. The zero-order valence-electron chi connectivity index (χ0n) is 14.9. The normalized spacial score (nSPS) is 10.7. The largest absolute Gasteiger partial charge is 0.489 e. The number of hydrazone groups is 1. The molecule has 0 unspecified atom stereocenters. The van der Waals surface area contributed by atoms with E-state index in [1.54, 1.807) is 0 Å². The summed E-state index contributed by atoms with van der Waals surface area (Å²) in [4.78, 5) is 23.1. The molecule has 0 aliphatic rings. The summed E-state index contributed by atoms with van der Waals surface area (Å²) in [6, 6.07) is 17.3. The van der Waals surface area contributed by atoms with E-state index in [2.05, 4.69) is 15.8 Å². The molecule has 0 heterocycles. The molecule has 2 rings (SSSR count). The molecule has 6 nitrogen and oxygen atoms in total. The van der Waals surface area contributed by atoms with Crippen molar-refractivity contribution in [2.45, 2.75) is 32.9 Å². The minimum Gasteiger partial charge on any atom is -0.489 e. The molecule has 0 bridgehead atoms. The van der Waals surface area contributed by atoms with Crippen molar-refractivity contribution >= 4 is 18.0 Å². The highest BCUT2D eigenvalue weighted by molar-refractivity contribution is 5.97. The first-order valence-corrected chi connectivity index (χ1v) is 8.41. The number of rotatable bonds is 8. The Morgan fingerprint density at radius 2 is 1.73 bits per heavy atom. The van der Waals surface area contributed by atoms with Crippen LogP contribution in [0.25, 0.3) is 0 Å². The number of nitrogens with zero attached hydrogens (tertiary/aromatic N) is 1. The molecule has 0 spiro atoms. The zero-order valence-corrected chi connectivity index (χ0v) is 14.9. The summed E-state index contributed by atoms with van der Waals surface area (Å²) in [7, 11) is 0. The van der Waals surface area contributed by atoms with Crippen molar-refractivity contribution in [1.29, 1.82) is 0 Å². The van der Waals surface area contributed by atoms with Crippen LogP contribution in [0.2, 0.25) is 0 Å². The Morgan fingerprint density at radius 3 is 2.38 bits per heavy atom. The highest BCUT2D eigenvalue weighted by Crippen LogP contribution is 2.13. The molecule has 0 saturated carbocycles. The summed E-state index contributed by atoms with van der Waals surface area (Å²) in [5.74, 6) is -0.0322. The van der Waals surface area contributed by atoms with Gasteiger partial charge in [-0.3, -0.25) is 9.59 Å². The SMILES string of the molecule is CC(C)NC(=O)CC(=O)N/N=C\c1ccc(OCc2ccccc2)cc1. The van der Waals surface area contributed by atoms with Crippen molar-refractivity contribution < 1.29 is 14.3 Å². The first-order chi connectivity index (χ1) is 12.5. The van der Waals surface area contributed by atoms with Crippen LogP contribution in [-0.2, 0) is 16.2 Å². The van der Waals surface area contributed by atoms with E-state index in [1.165, 1.54) is 6.21 Å². The smallest absolute Gasteiger partial charge is 0.249 e. The van der Waals surface area contributed by atoms with Crippen LogP contribution in [0.5, 0.6) is 5.75 Å². The summed E-state index contributed by atoms with van der Waals surface area (Å²) in [5.41, 5.74) is 4.24. The fraction of sp³-hybridized carbons (Fsp3) is 0.250. The van der Waals surface area contributed by atoms with Crippen molar-refractivity contribution in [3.05, 3.63) is 65.7 Å². The predicted molar refractivity (Wildman–Crippen MR) is 101 cm³/mol. The van der Waals surface area contributed by atoms with E-state index >= 15 is 0 Å². The van der Waals surface area contributed by atoms with Crippen molar-refractivity contribution in [3.8, 4) is 5.75 Å². The Labute approximate surface area is 153 Å². The van der Waals surface area contributed by atoms with E-state index in [4.69, 9.17) is 4.74 Å². The fourth-order valence-corrected chi connectivity index (χ4v) is 2.13. The minimum absolute atomic E-state index is 0.00132. The lowest BCUT2D eigenvalue weighted by atomic mass is 10.2. The second kappa shape index (κ2) is 9.98. The third-order valence-electron chi connectivity index (χ3n) is 3.30. The highest BCUT2D eigenvalue weighted by atomic mass is 16.5. The van der Waals surface area contributed by atoms with Gasteiger partial charge >= 0.3 is 0 Å². The van der Waals surface area contributed by atoms with Gasteiger partial charge in [-0.05, 0) is 49.2 Å². The minimum atomic E-state index is -0.456. The van der Waals surface area contributed by atoms with Gasteiger partial charge in [0, 0.05) is 6.04 Å². The second-order valence-corrected chi connectivity index (χ2v) is 6.04. The van der Waals surface area contributed by atoms with Gasteiger partial charge in [0.2, 0.25) is 11.8 Å². The number of nitrogens with one attached hydrogen (secondary N) is 2. The highest BCUT2D eigenvalue weighted by Gasteiger charge is 2.09. The van der Waals surface area contributed by atoms with Gasteiger partial charge < -0.3 is 10.1 Å². The van der Waals surface area contributed by atoms with Gasteiger partial charge in [0.1, 0.15) is 18.8 Å². The molecule has 2 aromatic rings. The van der Waals surface area contributed by atoms with E-state index in [9.17, 15) is 9.59 Å². The molecular formula is C20H23N3O3. The molecule has 0 atom stereocenters. The fourth-order valence-electron chi connectivity index (χ4n) is 2.13. The van der Waals surface area contributed by atoms with Crippen molar-refractivity contribution in [1.82, 2.24) is 10.7 Å². The van der Waals surface area contributed by atoms with E-state index < -0.39 is 5.91 Å². The Hall–Kier alpha value is -3.15. The van der Waals surface area contributed by atoms with Crippen LogP contribution in [0.4, 0.5) is 0 Å². The molecule has 0 saturated heterocycles. The molecule has 6 heteroatoms. The molecule has 2 amide bonds. The first-order valence-electron chi connectivity index (χ1n) is 8.41. The third-order valence-corrected chi connectivity index (χ3v) is 3.30. The Bertz CT molecular complexity index is 741. The van der Waals surface area contributed by atoms with Gasteiger partial charge in [-0.2, -0.15) is 5.10 Å². The number of hydrogen-bond acceptors (Lipinski definition) is 4. The van der Waals surface area contributed by atoms with Crippen LogP contribution in [0, 0.1) is 0 Å². The number of carbonyl (C=O) groups excluding carboxylic acids is 2. The number of carbonyl (C=O) groups is 2. The van der Waals surface area contributed by atoms with Crippen LogP contribution in [0.3, 0.4) is 0 Å². The van der Waals surface area contributed by atoms with E-state index in [-0.39, 0.29) is 18.4 Å². The maximum absolute atomic E-state index is 11.6. The second-order valence-electron chi connectivity index (χ2n) is 6.04. The van der Waals surface area contributed by atoms with Crippen LogP contribution in [0.15, 0.2) is 59.7 Å². The van der Waals surface area contributed by atoms with Crippen molar-refractivity contribution in [2.24, 2.45) is 5.10 Å². The topological polar surface area (TPSA) is 79.8 Å². The Morgan fingerprint density at radius 1 is 1.04 bits per heavy atom. The standard InChI is InChI=1S/C20H23N3O3/c1-15(2)22-19(24)12-20(25)23-21-13-16-8-10-18(11-9-16)26-14-17-6-4-3-5-7-17/h3-11,13,15H,12,14H2,1-2H3,(H,22,24)(H,23,25)/b21-13-. The zero-order chi connectivity index (χ0) is 18.8. The van der Waals surface area contributed by atoms with Crippen molar-refractivity contribution in [2.75, 3.05) is 0 Å². The van der Waals surface area contributed by atoms with E-state index in [1.807, 2.05) is 68.4 Å². The van der Waals surface area contributed by atoms with Gasteiger partial charge in [0.25, 0.3) is 0 Å². The summed E-state index contributed by atoms with van der Waals surface area (Å²) < 4.78 is 5.71. The summed E-state index contributed by atoms with van der Waals surface area (Å²) in [5, 5.41) is 6.50. The van der Waals surface area contributed by atoms with Gasteiger partial charge in [-0.25, -0.2) is 5.43 Å². The molecule has 0 radical (unpaired) electrons. The quantitative estimate of drug-likeness (QED) is 0.435. The Balaban J connectivity index is 1.76. The summed E-state index contributed by atoms with van der Waals surface area (Å²) >= 11 is 0. The molecular weight excluding hydrogens is 330 g/mol. The van der Waals surface area contributed by atoms with Crippen LogP contribution in [-0.4, -0.2) is 24.1 Å². The lowest BCUT2D eigenvalue weighted by Crippen LogP contribution is -2.34. The average Bonchev–Trinajstić information content (AvgIpc) is 2.61. The molecule has 0 aromatic heterocycles. The van der Waals surface area contributed by atoms with Crippen LogP contribution < -0.4 is 15.5 Å². The molecule has 26 heavy (non-hydrogen) atoms. The van der Waals surface area contributed by atoms with Gasteiger partial charge in [-0.15, -0.1) is 0 Å². The molecule has 136 valence electrons. The molecule has 0 fully saturated rings. The summed E-state index contributed by atoms with van der Waals surface area (Å²) in [6.45, 7) is 4.17. The van der Waals surface area contributed by atoms with E-state index in [0.29, 0.717) is 6.61 Å².